The first kappa shape index (κ1) is 13.8. The first-order chi connectivity index (χ1) is 9.06. The lowest BCUT2D eigenvalue weighted by Gasteiger charge is -2.14. The Bertz CT molecular complexity index is 557. The van der Waals surface area contributed by atoms with Gasteiger partial charge in [-0.15, -0.1) is 0 Å². The van der Waals surface area contributed by atoms with E-state index in [1.807, 2.05) is 0 Å². The van der Waals surface area contributed by atoms with Gasteiger partial charge < -0.3 is 15.6 Å². The summed E-state index contributed by atoms with van der Waals surface area (Å²) in [6.45, 7) is 0.00407. The lowest BCUT2D eigenvalue weighted by Crippen LogP contribution is -2.11. The molecule has 100 valence electrons. The summed E-state index contributed by atoms with van der Waals surface area (Å²) < 4.78 is 19.1. The van der Waals surface area contributed by atoms with E-state index in [4.69, 9.17) is 10.5 Å². The second kappa shape index (κ2) is 6.04. The number of para-hydroxylation sites is 1. The highest BCUT2D eigenvalue weighted by molar-refractivity contribution is 9.10. The van der Waals surface area contributed by atoms with Crippen molar-refractivity contribution in [2.75, 3.05) is 12.3 Å². The number of ether oxygens (including phenoxy) is 1. The molecule has 2 aromatic rings. The molecule has 0 bridgehead atoms. The van der Waals surface area contributed by atoms with E-state index < -0.39 is 11.9 Å². The van der Waals surface area contributed by atoms with E-state index >= 15 is 0 Å². The summed E-state index contributed by atoms with van der Waals surface area (Å²) in [4.78, 5) is 0. The van der Waals surface area contributed by atoms with Gasteiger partial charge in [0.1, 0.15) is 24.3 Å². The van der Waals surface area contributed by atoms with Crippen LogP contribution >= 0.6 is 15.9 Å². The molecule has 0 saturated heterocycles. The summed E-state index contributed by atoms with van der Waals surface area (Å²) in [5, 5.41) is 9.99. The van der Waals surface area contributed by atoms with Crippen molar-refractivity contribution >= 4 is 21.6 Å². The normalized spacial score (nSPS) is 12.2. The third-order valence-corrected chi connectivity index (χ3v) is 3.06. The number of aliphatic hydroxyl groups is 1. The molecule has 19 heavy (non-hydrogen) atoms. The number of benzene rings is 2. The van der Waals surface area contributed by atoms with E-state index in [0.29, 0.717) is 21.5 Å². The van der Waals surface area contributed by atoms with Gasteiger partial charge in [-0.3, -0.25) is 0 Å². The third-order valence-electron chi connectivity index (χ3n) is 2.60. The van der Waals surface area contributed by atoms with Crippen molar-refractivity contribution in [3.8, 4) is 5.75 Å². The number of anilines is 1. The smallest absolute Gasteiger partial charge is 0.128 e. The molecular formula is C14H13BrFNO2. The number of rotatable bonds is 4. The Hall–Kier alpha value is -1.59. The Morgan fingerprint density at radius 1 is 1.26 bits per heavy atom. The molecule has 2 rings (SSSR count). The summed E-state index contributed by atoms with van der Waals surface area (Å²) in [5.41, 5.74) is 6.85. The highest BCUT2D eigenvalue weighted by atomic mass is 79.9. The number of hydrogen-bond acceptors (Lipinski definition) is 3. The molecule has 0 radical (unpaired) electrons. The summed E-state index contributed by atoms with van der Waals surface area (Å²) in [6.07, 6.45) is -0.858. The van der Waals surface area contributed by atoms with Crippen LogP contribution in [0.4, 0.5) is 10.1 Å². The summed E-state index contributed by atoms with van der Waals surface area (Å²) in [6, 6.07) is 11.2. The predicted molar refractivity (Wildman–Crippen MR) is 75.4 cm³/mol. The fourth-order valence-electron chi connectivity index (χ4n) is 1.69. The van der Waals surface area contributed by atoms with E-state index in [-0.39, 0.29) is 6.61 Å². The summed E-state index contributed by atoms with van der Waals surface area (Å²) in [5.74, 6) is -0.0569. The topological polar surface area (TPSA) is 55.5 Å². The molecule has 0 heterocycles. The van der Waals surface area contributed by atoms with E-state index in [1.54, 1.807) is 30.3 Å². The lowest BCUT2D eigenvalue weighted by molar-refractivity contribution is 0.108. The standard InChI is InChI=1S/C14H13BrFNO2/c15-9-5-10(16)7-11(6-9)19-8-14(18)12-3-1-2-4-13(12)17/h1-7,14,18H,8,17H2. The second-order valence-electron chi connectivity index (χ2n) is 4.06. The molecule has 3 N–H and O–H groups in total. The number of nitrogens with two attached hydrogens (primary N) is 1. The molecule has 0 spiro atoms. The minimum absolute atomic E-state index is 0.00407. The molecule has 0 fully saturated rings. The zero-order valence-electron chi connectivity index (χ0n) is 10.0. The average molecular weight is 326 g/mol. The highest BCUT2D eigenvalue weighted by Crippen LogP contribution is 2.24. The fourth-order valence-corrected chi connectivity index (χ4v) is 2.14. The van der Waals surface area contributed by atoms with Crippen LogP contribution in [-0.4, -0.2) is 11.7 Å². The Balaban J connectivity index is 2.04. The van der Waals surface area contributed by atoms with Crippen LogP contribution < -0.4 is 10.5 Å². The first-order valence-electron chi connectivity index (χ1n) is 5.67. The minimum atomic E-state index is -0.858. The monoisotopic (exact) mass is 325 g/mol. The SMILES string of the molecule is Nc1ccccc1C(O)COc1cc(F)cc(Br)c1. The minimum Gasteiger partial charge on any atom is -0.490 e. The van der Waals surface area contributed by atoms with Crippen molar-refractivity contribution in [3.05, 3.63) is 58.3 Å². The van der Waals surface area contributed by atoms with Crippen LogP contribution in [-0.2, 0) is 0 Å². The van der Waals surface area contributed by atoms with Crippen molar-refractivity contribution in [3.63, 3.8) is 0 Å². The summed E-state index contributed by atoms with van der Waals surface area (Å²) in [7, 11) is 0. The van der Waals surface area contributed by atoms with E-state index in [1.165, 1.54) is 12.1 Å². The molecule has 1 atom stereocenters. The molecule has 0 aliphatic heterocycles. The van der Waals surface area contributed by atoms with Gasteiger partial charge in [-0.1, -0.05) is 34.1 Å². The van der Waals surface area contributed by atoms with Crippen molar-refractivity contribution in [2.45, 2.75) is 6.10 Å². The molecule has 1 unspecified atom stereocenters. The number of aliphatic hydroxyl groups excluding tert-OH is 1. The van der Waals surface area contributed by atoms with Gasteiger partial charge in [-0.25, -0.2) is 4.39 Å². The molecule has 0 saturated carbocycles. The molecule has 2 aromatic carbocycles. The van der Waals surface area contributed by atoms with Crippen LogP contribution in [0.2, 0.25) is 0 Å². The van der Waals surface area contributed by atoms with Gasteiger partial charge in [0.2, 0.25) is 0 Å². The van der Waals surface area contributed by atoms with Crippen molar-refractivity contribution in [1.29, 1.82) is 0 Å². The van der Waals surface area contributed by atoms with Gasteiger partial charge in [-0.05, 0) is 18.2 Å². The van der Waals surface area contributed by atoms with Crippen LogP contribution in [0.15, 0.2) is 46.9 Å². The van der Waals surface area contributed by atoms with Gasteiger partial charge in [0.25, 0.3) is 0 Å². The van der Waals surface area contributed by atoms with Crippen LogP contribution in [0.5, 0.6) is 5.75 Å². The maximum atomic E-state index is 13.1. The van der Waals surface area contributed by atoms with Crippen LogP contribution in [0.3, 0.4) is 0 Å². The molecule has 0 amide bonds. The van der Waals surface area contributed by atoms with Gasteiger partial charge in [0.15, 0.2) is 0 Å². The number of hydrogen-bond donors (Lipinski definition) is 2. The highest BCUT2D eigenvalue weighted by Gasteiger charge is 2.11. The molecule has 5 heteroatoms. The van der Waals surface area contributed by atoms with E-state index in [9.17, 15) is 9.50 Å². The van der Waals surface area contributed by atoms with E-state index in [2.05, 4.69) is 15.9 Å². The molecule has 3 nitrogen and oxygen atoms in total. The van der Waals surface area contributed by atoms with Gasteiger partial charge >= 0.3 is 0 Å². The fraction of sp³-hybridized carbons (Fsp3) is 0.143. The van der Waals surface area contributed by atoms with Gasteiger partial charge in [0, 0.05) is 21.8 Å². The average Bonchev–Trinajstić information content (AvgIpc) is 2.35. The first-order valence-corrected chi connectivity index (χ1v) is 6.47. The predicted octanol–water partition coefficient (Wildman–Crippen LogP) is 3.28. The van der Waals surface area contributed by atoms with Crippen LogP contribution in [0.1, 0.15) is 11.7 Å². The van der Waals surface area contributed by atoms with Crippen LogP contribution in [0.25, 0.3) is 0 Å². The zero-order valence-corrected chi connectivity index (χ0v) is 11.6. The maximum Gasteiger partial charge on any atom is 0.128 e. The Kier molecular flexibility index (Phi) is 4.39. The quantitative estimate of drug-likeness (QED) is 0.848. The molecule has 0 aliphatic rings. The zero-order chi connectivity index (χ0) is 13.8. The molecular weight excluding hydrogens is 313 g/mol. The van der Waals surface area contributed by atoms with Gasteiger partial charge in [-0.2, -0.15) is 0 Å². The summed E-state index contributed by atoms with van der Waals surface area (Å²) >= 11 is 3.17. The molecule has 0 aliphatic carbocycles. The number of halogens is 2. The van der Waals surface area contributed by atoms with Gasteiger partial charge in [0.05, 0.1) is 0 Å². The van der Waals surface area contributed by atoms with Crippen molar-refractivity contribution < 1.29 is 14.2 Å². The molecule has 0 aromatic heterocycles. The largest absolute Gasteiger partial charge is 0.490 e. The Morgan fingerprint density at radius 2 is 2.00 bits per heavy atom. The second-order valence-corrected chi connectivity index (χ2v) is 4.98. The maximum absolute atomic E-state index is 13.1. The number of nitrogen functional groups attached to an aromatic ring is 1. The lowest BCUT2D eigenvalue weighted by atomic mass is 10.1. The van der Waals surface area contributed by atoms with Crippen LogP contribution in [0, 0.1) is 5.82 Å². The Morgan fingerprint density at radius 3 is 2.68 bits per heavy atom. The van der Waals surface area contributed by atoms with E-state index in [0.717, 1.165) is 0 Å². The Labute approximate surface area is 118 Å². The third kappa shape index (κ3) is 3.68. The van der Waals surface area contributed by atoms with Crippen molar-refractivity contribution in [2.24, 2.45) is 0 Å². The van der Waals surface area contributed by atoms with Crippen molar-refractivity contribution in [1.82, 2.24) is 0 Å².